The van der Waals surface area contributed by atoms with Gasteiger partial charge < -0.3 is 19.3 Å². The molecule has 1 fully saturated rings. The van der Waals surface area contributed by atoms with E-state index in [4.69, 9.17) is 19.3 Å². The standard InChI is InChI=1S/C26H36O4/c1-2-26(19-28-20-26)21-30-25-15-11-23(12-16-25)22-9-13-24(14-10-22)29-18-8-6-4-3-5-7-17-27/h9-16,27H,2-8,17-21H2,1H3. The second kappa shape index (κ2) is 12.0. The Labute approximate surface area is 181 Å². The van der Waals surface area contributed by atoms with Crippen molar-refractivity contribution in [2.45, 2.75) is 51.9 Å². The van der Waals surface area contributed by atoms with Crippen molar-refractivity contribution in [3.63, 3.8) is 0 Å². The molecule has 1 aliphatic rings. The molecule has 0 bridgehead atoms. The molecule has 1 saturated heterocycles. The summed E-state index contributed by atoms with van der Waals surface area (Å²) in [5.41, 5.74) is 2.55. The molecule has 4 nitrogen and oxygen atoms in total. The Morgan fingerprint density at radius 3 is 1.80 bits per heavy atom. The van der Waals surface area contributed by atoms with E-state index in [1.54, 1.807) is 0 Å². The first-order chi connectivity index (χ1) is 14.7. The maximum Gasteiger partial charge on any atom is 0.119 e. The molecule has 0 aliphatic carbocycles. The summed E-state index contributed by atoms with van der Waals surface area (Å²) in [6.07, 6.45) is 7.82. The average Bonchev–Trinajstić information content (AvgIpc) is 2.76. The molecule has 164 valence electrons. The summed E-state index contributed by atoms with van der Waals surface area (Å²) in [7, 11) is 0. The largest absolute Gasteiger partial charge is 0.494 e. The van der Waals surface area contributed by atoms with E-state index in [9.17, 15) is 0 Å². The molecule has 0 spiro atoms. The van der Waals surface area contributed by atoms with Crippen LogP contribution in [0.3, 0.4) is 0 Å². The van der Waals surface area contributed by atoms with Gasteiger partial charge in [0.05, 0.1) is 31.8 Å². The minimum absolute atomic E-state index is 0.203. The van der Waals surface area contributed by atoms with Gasteiger partial charge in [0.1, 0.15) is 11.5 Å². The summed E-state index contributed by atoms with van der Waals surface area (Å²) in [5, 5.41) is 8.78. The van der Waals surface area contributed by atoms with Crippen molar-refractivity contribution in [1.82, 2.24) is 0 Å². The Balaban J connectivity index is 1.39. The summed E-state index contributed by atoms with van der Waals surface area (Å²) in [4.78, 5) is 0. The molecule has 1 N–H and O–H groups in total. The van der Waals surface area contributed by atoms with Crippen LogP contribution in [-0.2, 0) is 4.74 Å². The highest BCUT2D eigenvalue weighted by molar-refractivity contribution is 5.64. The number of benzene rings is 2. The molecule has 2 aromatic rings. The minimum Gasteiger partial charge on any atom is -0.494 e. The Morgan fingerprint density at radius 1 is 0.767 bits per heavy atom. The number of unbranched alkanes of at least 4 members (excludes halogenated alkanes) is 5. The highest BCUT2D eigenvalue weighted by Gasteiger charge is 2.37. The molecule has 0 amide bonds. The molecular formula is C26H36O4. The van der Waals surface area contributed by atoms with Crippen LogP contribution in [0.1, 0.15) is 51.9 Å². The van der Waals surface area contributed by atoms with Gasteiger partial charge in [-0.1, -0.05) is 56.9 Å². The molecule has 30 heavy (non-hydrogen) atoms. The van der Waals surface area contributed by atoms with Gasteiger partial charge in [-0.25, -0.2) is 0 Å². The van der Waals surface area contributed by atoms with Crippen LogP contribution >= 0.6 is 0 Å². The Bertz CT molecular complexity index is 714. The fourth-order valence-corrected chi connectivity index (χ4v) is 3.61. The van der Waals surface area contributed by atoms with Gasteiger partial charge in [-0.3, -0.25) is 0 Å². The lowest BCUT2D eigenvalue weighted by Crippen LogP contribution is -2.46. The zero-order chi connectivity index (χ0) is 21.1. The lowest BCUT2D eigenvalue weighted by molar-refractivity contribution is -0.133. The number of hydrogen-bond acceptors (Lipinski definition) is 4. The molecule has 0 aromatic heterocycles. The first kappa shape index (κ1) is 22.6. The summed E-state index contributed by atoms with van der Waals surface area (Å²) >= 11 is 0. The van der Waals surface area contributed by atoms with Crippen LogP contribution in [0.15, 0.2) is 48.5 Å². The van der Waals surface area contributed by atoms with Crippen LogP contribution in [-0.4, -0.2) is 38.1 Å². The summed E-state index contributed by atoms with van der Waals surface area (Å²) in [6, 6.07) is 16.6. The highest BCUT2D eigenvalue weighted by atomic mass is 16.5. The van der Waals surface area contributed by atoms with Crippen molar-refractivity contribution in [3.8, 4) is 22.6 Å². The second-order valence-corrected chi connectivity index (χ2v) is 8.38. The van der Waals surface area contributed by atoms with Gasteiger partial charge in [-0.2, -0.15) is 0 Å². The van der Waals surface area contributed by atoms with Crippen molar-refractivity contribution < 1.29 is 19.3 Å². The topological polar surface area (TPSA) is 47.9 Å². The number of aliphatic hydroxyl groups is 1. The molecule has 1 heterocycles. The van der Waals surface area contributed by atoms with Crippen LogP contribution < -0.4 is 9.47 Å². The molecule has 1 aliphatic heterocycles. The number of aliphatic hydroxyl groups excluding tert-OH is 1. The SMILES string of the molecule is CCC1(COc2ccc(-c3ccc(OCCCCCCCCO)cc3)cc2)COC1. The van der Waals surface area contributed by atoms with Crippen LogP contribution in [0, 0.1) is 5.41 Å². The van der Waals surface area contributed by atoms with Crippen molar-refractivity contribution >= 4 is 0 Å². The maximum absolute atomic E-state index is 8.78. The van der Waals surface area contributed by atoms with Gasteiger partial charge in [0.25, 0.3) is 0 Å². The van der Waals surface area contributed by atoms with Crippen LogP contribution in [0.5, 0.6) is 11.5 Å². The number of rotatable bonds is 14. The number of hydrogen-bond donors (Lipinski definition) is 1. The minimum atomic E-state index is 0.203. The fraction of sp³-hybridized carbons (Fsp3) is 0.538. The second-order valence-electron chi connectivity index (χ2n) is 8.38. The van der Waals surface area contributed by atoms with Crippen LogP contribution in [0.4, 0.5) is 0 Å². The summed E-state index contributed by atoms with van der Waals surface area (Å²) < 4.78 is 17.2. The third kappa shape index (κ3) is 6.75. The molecule has 2 aromatic carbocycles. The van der Waals surface area contributed by atoms with E-state index in [1.807, 2.05) is 24.3 Å². The van der Waals surface area contributed by atoms with Gasteiger partial charge in [0.2, 0.25) is 0 Å². The molecule has 0 atom stereocenters. The quantitative estimate of drug-likeness (QED) is 0.394. The van der Waals surface area contributed by atoms with E-state index >= 15 is 0 Å². The first-order valence-electron chi connectivity index (χ1n) is 11.4. The van der Waals surface area contributed by atoms with E-state index < -0.39 is 0 Å². The summed E-state index contributed by atoms with van der Waals surface area (Å²) in [5.74, 6) is 1.83. The summed E-state index contributed by atoms with van der Waals surface area (Å²) in [6.45, 7) is 5.60. The molecular weight excluding hydrogens is 376 g/mol. The maximum atomic E-state index is 8.78. The lowest BCUT2D eigenvalue weighted by atomic mass is 9.84. The zero-order valence-corrected chi connectivity index (χ0v) is 18.3. The molecule has 0 radical (unpaired) electrons. The highest BCUT2D eigenvalue weighted by Crippen LogP contribution is 2.32. The van der Waals surface area contributed by atoms with Gasteiger partial charge >= 0.3 is 0 Å². The third-order valence-electron chi connectivity index (χ3n) is 5.97. The molecule has 0 unspecified atom stereocenters. The van der Waals surface area contributed by atoms with Crippen molar-refractivity contribution in [2.75, 3.05) is 33.0 Å². The van der Waals surface area contributed by atoms with Gasteiger partial charge in [0, 0.05) is 6.61 Å². The van der Waals surface area contributed by atoms with E-state index in [2.05, 4.69) is 31.2 Å². The van der Waals surface area contributed by atoms with Crippen LogP contribution in [0.2, 0.25) is 0 Å². The predicted octanol–water partition coefficient (Wildman–Crippen LogP) is 5.87. The van der Waals surface area contributed by atoms with Crippen LogP contribution in [0.25, 0.3) is 11.1 Å². The van der Waals surface area contributed by atoms with Crippen molar-refractivity contribution in [3.05, 3.63) is 48.5 Å². The molecule has 4 heteroatoms. The molecule has 0 saturated carbocycles. The smallest absolute Gasteiger partial charge is 0.119 e. The fourth-order valence-electron chi connectivity index (χ4n) is 3.61. The monoisotopic (exact) mass is 412 g/mol. The van der Waals surface area contributed by atoms with E-state index in [1.165, 1.54) is 30.4 Å². The molecule has 3 rings (SSSR count). The average molecular weight is 413 g/mol. The van der Waals surface area contributed by atoms with Crippen molar-refractivity contribution in [1.29, 1.82) is 0 Å². The van der Waals surface area contributed by atoms with Gasteiger partial charge in [-0.15, -0.1) is 0 Å². The Morgan fingerprint density at radius 2 is 1.30 bits per heavy atom. The van der Waals surface area contributed by atoms with Crippen molar-refractivity contribution in [2.24, 2.45) is 5.41 Å². The Kier molecular flexibility index (Phi) is 9.03. The predicted molar refractivity (Wildman–Crippen MR) is 121 cm³/mol. The van der Waals surface area contributed by atoms with E-state index in [-0.39, 0.29) is 5.41 Å². The van der Waals surface area contributed by atoms with E-state index in [0.717, 1.165) is 63.6 Å². The van der Waals surface area contributed by atoms with E-state index in [0.29, 0.717) is 6.61 Å². The normalized spacial score (nSPS) is 14.9. The number of ether oxygens (including phenoxy) is 3. The van der Waals surface area contributed by atoms with Gasteiger partial charge in [-0.05, 0) is 54.7 Å². The Hall–Kier alpha value is -2.04. The first-order valence-corrected chi connectivity index (χ1v) is 11.4. The zero-order valence-electron chi connectivity index (χ0n) is 18.3. The third-order valence-corrected chi connectivity index (χ3v) is 5.97. The van der Waals surface area contributed by atoms with Gasteiger partial charge in [0.15, 0.2) is 0 Å². The lowest BCUT2D eigenvalue weighted by Gasteiger charge is -2.40.